The van der Waals surface area contributed by atoms with E-state index in [-0.39, 0.29) is 11.9 Å². The van der Waals surface area contributed by atoms with Gasteiger partial charge in [-0.25, -0.2) is 8.42 Å². The summed E-state index contributed by atoms with van der Waals surface area (Å²) >= 11 is 0. The number of fused-ring (bicyclic) bond motifs is 1. The first-order valence-electron chi connectivity index (χ1n) is 10.3. The molecule has 3 rings (SSSR count). The van der Waals surface area contributed by atoms with Gasteiger partial charge in [0.1, 0.15) is 0 Å². The van der Waals surface area contributed by atoms with Crippen molar-refractivity contribution in [3.05, 3.63) is 30.5 Å². The molecule has 0 radical (unpaired) electrons. The lowest BCUT2D eigenvalue weighted by atomic mass is 10.2. The van der Waals surface area contributed by atoms with Crippen molar-refractivity contribution in [2.24, 2.45) is 0 Å². The van der Waals surface area contributed by atoms with Crippen molar-refractivity contribution in [1.29, 1.82) is 0 Å². The molecule has 0 bridgehead atoms. The number of amides is 1. The van der Waals surface area contributed by atoms with Crippen LogP contribution in [-0.2, 0) is 21.4 Å². The number of nitrogens with one attached hydrogen (secondary N) is 1. The van der Waals surface area contributed by atoms with E-state index in [1.165, 1.54) is 0 Å². The van der Waals surface area contributed by atoms with Gasteiger partial charge in [0, 0.05) is 49.2 Å². The highest BCUT2D eigenvalue weighted by Gasteiger charge is 2.25. The van der Waals surface area contributed by atoms with Crippen molar-refractivity contribution in [3.63, 3.8) is 0 Å². The molecule has 1 fully saturated rings. The molecule has 7 heteroatoms. The molecule has 2 aromatic rings. The van der Waals surface area contributed by atoms with Gasteiger partial charge in [-0.3, -0.25) is 4.79 Å². The molecule has 1 aliphatic heterocycles. The van der Waals surface area contributed by atoms with Crippen LogP contribution in [0.2, 0.25) is 0 Å². The Morgan fingerprint density at radius 2 is 1.86 bits per heavy atom. The van der Waals surface area contributed by atoms with Gasteiger partial charge in [-0.2, -0.15) is 4.31 Å². The zero-order chi connectivity index (χ0) is 20.1. The van der Waals surface area contributed by atoms with Gasteiger partial charge in [-0.05, 0) is 50.5 Å². The normalized spacial score (nSPS) is 17.4. The van der Waals surface area contributed by atoms with Crippen LogP contribution in [0, 0.1) is 0 Å². The molecule has 1 aromatic carbocycles. The third kappa shape index (κ3) is 4.75. The summed E-state index contributed by atoms with van der Waals surface area (Å²) in [6, 6.07) is 7.40. The van der Waals surface area contributed by atoms with E-state index < -0.39 is 10.0 Å². The molecule has 1 aromatic heterocycles. The second kappa shape index (κ2) is 9.09. The third-order valence-electron chi connectivity index (χ3n) is 5.54. The summed E-state index contributed by atoms with van der Waals surface area (Å²) in [5, 5.41) is 3.86. The molecule has 1 atom stereocenters. The fourth-order valence-corrected chi connectivity index (χ4v) is 5.19. The number of sulfonamides is 1. The Balaban J connectivity index is 1.74. The van der Waals surface area contributed by atoms with Crippen LogP contribution in [0.1, 0.15) is 52.4 Å². The molecule has 0 spiro atoms. The molecular formula is C21H31N3O3S. The van der Waals surface area contributed by atoms with Crippen LogP contribution in [-0.4, -0.2) is 42.3 Å². The molecule has 1 saturated heterocycles. The largest absolute Gasteiger partial charge is 0.354 e. The second-order valence-electron chi connectivity index (χ2n) is 7.67. The van der Waals surface area contributed by atoms with Gasteiger partial charge in [-0.15, -0.1) is 0 Å². The van der Waals surface area contributed by atoms with Gasteiger partial charge in [0.25, 0.3) is 0 Å². The van der Waals surface area contributed by atoms with Crippen molar-refractivity contribution in [1.82, 2.24) is 14.2 Å². The Labute approximate surface area is 168 Å². The monoisotopic (exact) mass is 405 g/mol. The summed E-state index contributed by atoms with van der Waals surface area (Å²) in [4.78, 5) is 12.4. The zero-order valence-electron chi connectivity index (χ0n) is 16.9. The summed E-state index contributed by atoms with van der Waals surface area (Å²) in [5.74, 6) is 0.0385. The number of carbonyl (C=O) groups excluding carboxylic acids is 1. The van der Waals surface area contributed by atoms with E-state index in [1.54, 1.807) is 16.4 Å². The SMILES string of the molecule is CC[C@H](C)NC(=O)CCn1ccc2cc(S(=O)(=O)N3CCCCCC3)ccc21. The van der Waals surface area contributed by atoms with Crippen molar-refractivity contribution in [2.75, 3.05) is 13.1 Å². The second-order valence-corrected chi connectivity index (χ2v) is 9.61. The van der Waals surface area contributed by atoms with Crippen molar-refractivity contribution >= 4 is 26.8 Å². The minimum atomic E-state index is -3.45. The molecule has 2 heterocycles. The molecule has 1 amide bonds. The van der Waals surface area contributed by atoms with Gasteiger partial charge < -0.3 is 9.88 Å². The van der Waals surface area contributed by atoms with E-state index >= 15 is 0 Å². The summed E-state index contributed by atoms with van der Waals surface area (Å²) in [6.45, 7) is 5.82. The maximum atomic E-state index is 13.0. The maximum absolute atomic E-state index is 13.0. The number of aryl methyl sites for hydroxylation is 1. The Morgan fingerprint density at radius 1 is 1.14 bits per heavy atom. The number of carbonyl (C=O) groups is 1. The quantitative estimate of drug-likeness (QED) is 0.766. The molecule has 6 nitrogen and oxygen atoms in total. The van der Waals surface area contributed by atoms with Crippen LogP contribution >= 0.6 is 0 Å². The van der Waals surface area contributed by atoms with E-state index in [0.29, 0.717) is 31.0 Å². The predicted molar refractivity (Wildman–Crippen MR) is 112 cm³/mol. The number of hydrogen-bond donors (Lipinski definition) is 1. The number of rotatable bonds is 7. The molecule has 0 saturated carbocycles. The van der Waals surface area contributed by atoms with Crippen LogP contribution in [0.5, 0.6) is 0 Å². The van der Waals surface area contributed by atoms with Gasteiger partial charge >= 0.3 is 0 Å². The van der Waals surface area contributed by atoms with Crippen LogP contribution in [0.3, 0.4) is 0 Å². The first kappa shape index (κ1) is 20.9. The summed E-state index contributed by atoms with van der Waals surface area (Å²) in [6.07, 6.45) is 7.28. The van der Waals surface area contributed by atoms with Crippen LogP contribution < -0.4 is 5.32 Å². The number of nitrogens with zero attached hydrogens (tertiary/aromatic N) is 2. The van der Waals surface area contributed by atoms with Gasteiger partial charge in [0.15, 0.2) is 0 Å². The molecule has 28 heavy (non-hydrogen) atoms. The number of benzene rings is 1. The first-order chi connectivity index (χ1) is 13.4. The van der Waals surface area contributed by atoms with Crippen LogP contribution in [0.25, 0.3) is 10.9 Å². The van der Waals surface area contributed by atoms with E-state index in [4.69, 9.17) is 0 Å². The van der Waals surface area contributed by atoms with Crippen LogP contribution in [0.15, 0.2) is 35.4 Å². The van der Waals surface area contributed by atoms with E-state index in [9.17, 15) is 13.2 Å². The van der Waals surface area contributed by atoms with Crippen molar-refractivity contribution < 1.29 is 13.2 Å². The smallest absolute Gasteiger partial charge is 0.243 e. The molecule has 1 aliphatic rings. The zero-order valence-corrected chi connectivity index (χ0v) is 17.7. The molecular weight excluding hydrogens is 374 g/mol. The molecule has 154 valence electrons. The standard InChI is InChI=1S/C21H31N3O3S/c1-3-17(2)22-21(25)11-15-23-14-10-18-16-19(8-9-20(18)23)28(26,27)24-12-6-4-5-7-13-24/h8-10,14,16-17H,3-7,11-13,15H2,1-2H3,(H,22,25)/t17-/m0/s1. The predicted octanol–water partition coefficient (Wildman–Crippen LogP) is 3.51. The van der Waals surface area contributed by atoms with Crippen LogP contribution in [0.4, 0.5) is 0 Å². The van der Waals surface area contributed by atoms with Crippen molar-refractivity contribution in [2.45, 2.75) is 69.9 Å². The molecule has 0 unspecified atom stereocenters. The highest BCUT2D eigenvalue weighted by Crippen LogP contribution is 2.25. The van der Waals surface area contributed by atoms with E-state index in [0.717, 1.165) is 43.0 Å². The Kier molecular flexibility index (Phi) is 6.78. The Hall–Kier alpha value is -1.86. The third-order valence-corrected chi connectivity index (χ3v) is 7.44. The van der Waals surface area contributed by atoms with Crippen molar-refractivity contribution in [3.8, 4) is 0 Å². The first-order valence-corrected chi connectivity index (χ1v) is 11.7. The average Bonchev–Trinajstić information content (AvgIpc) is 2.88. The number of hydrogen-bond acceptors (Lipinski definition) is 3. The summed E-state index contributed by atoms with van der Waals surface area (Å²) in [5.41, 5.74) is 0.950. The lowest BCUT2D eigenvalue weighted by molar-refractivity contribution is -0.121. The van der Waals surface area contributed by atoms with E-state index in [1.807, 2.05) is 36.7 Å². The summed E-state index contributed by atoms with van der Waals surface area (Å²) < 4.78 is 29.6. The number of aromatic nitrogens is 1. The minimum absolute atomic E-state index is 0.0385. The average molecular weight is 406 g/mol. The topological polar surface area (TPSA) is 71.4 Å². The fourth-order valence-electron chi connectivity index (χ4n) is 3.64. The van der Waals surface area contributed by atoms with Gasteiger partial charge in [0.05, 0.1) is 4.90 Å². The summed E-state index contributed by atoms with van der Waals surface area (Å²) in [7, 11) is -3.45. The minimum Gasteiger partial charge on any atom is -0.354 e. The maximum Gasteiger partial charge on any atom is 0.243 e. The lowest BCUT2D eigenvalue weighted by Crippen LogP contribution is -2.32. The lowest BCUT2D eigenvalue weighted by Gasteiger charge is -2.20. The highest BCUT2D eigenvalue weighted by molar-refractivity contribution is 7.89. The van der Waals surface area contributed by atoms with Gasteiger partial charge in [-0.1, -0.05) is 19.8 Å². The molecule has 1 N–H and O–H groups in total. The Bertz CT molecular complexity index is 912. The van der Waals surface area contributed by atoms with Gasteiger partial charge in [0.2, 0.25) is 15.9 Å². The molecule has 0 aliphatic carbocycles. The highest BCUT2D eigenvalue weighted by atomic mass is 32.2. The van der Waals surface area contributed by atoms with E-state index in [2.05, 4.69) is 5.32 Å². The fraction of sp³-hybridized carbons (Fsp3) is 0.571. The Morgan fingerprint density at radius 3 is 2.54 bits per heavy atom.